The summed E-state index contributed by atoms with van der Waals surface area (Å²) in [7, 11) is 3.08. The average Bonchev–Trinajstić information content (AvgIpc) is 3.09. The molecular weight excluding hydrogens is 366 g/mol. The van der Waals surface area contributed by atoms with Crippen molar-refractivity contribution >= 4 is 28.0 Å². The molecule has 0 aliphatic carbocycles. The van der Waals surface area contributed by atoms with Crippen molar-refractivity contribution in [1.82, 2.24) is 4.98 Å². The van der Waals surface area contributed by atoms with Gasteiger partial charge in [-0.15, -0.1) is 0 Å². The number of rotatable bonds is 7. The van der Waals surface area contributed by atoms with Crippen LogP contribution in [-0.2, 0) is 9.53 Å². The van der Waals surface area contributed by atoms with E-state index in [0.717, 1.165) is 5.39 Å². The fourth-order valence-electron chi connectivity index (χ4n) is 2.88. The normalized spacial score (nSPS) is 12.8. The van der Waals surface area contributed by atoms with Gasteiger partial charge in [-0.1, -0.05) is 0 Å². The van der Waals surface area contributed by atoms with Gasteiger partial charge >= 0.3 is 5.97 Å². The minimum atomic E-state index is -1.28. The van der Waals surface area contributed by atoms with Crippen molar-refractivity contribution in [2.24, 2.45) is 0 Å². The molecule has 1 N–H and O–H groups in total. The average molecular weight is 389 g/mol. The van der Waals surface area contributed by atoms with Gasteiger partial charge in [-0.2, -0.15) is 0 Å². The summed E-state index contributed by atoms with van der Waals surface area (Å²) in [6, 6.07) is 5.22. The molecule has 0 amide bonds. The summed E-state index contributed by atoms with van der Waals surface area (Å²) < 4.78 is 27.4. The third-order valence-corrected chi connectivity index (χ3v) is 4.33. The second-order valence-corrected chi connectivity index (χ2v) is 6.87. The number of pyridine rings is 1. The Kier molecular flexibility index (Phi) is 5.33. The first-order valence-electron chi connectivity index (χ1n) is 8.70. The Balaban J connectivity index is 2.02. The molecule has 0 bridgehead atoms. The minimum absolute atomic E-state index is 0.0609. The largest absolute Gasteiger partial charge is 0.495 e. The van der Waals surface area contributed by atoms with E-state index >= 15 is 0 Å². The third-order valence-electron chi connectivity index (χ3n) is 4.33. The molecule has 0 saturated heterocycles. The van der Waals surface area contributed by atoms with Crippen molar-refractivity contribution in [3.63, 3.8) is 0 Å². The molecule has 28 heavy (non-hydrogen) atoms. The molecule has 0 aliphatic rings. The molecule has 1 aromatic carbocycles. The molecule has 8 heteroatoms. The molecule has 2 heterocycles. The molecule has 0 aliphatic heterocycles. The number of hydrogen-bond acceptors (Lipinski definition) is 8. The predicted octanol–water partition coefficient (Wildman–Crippen LogP) is 3.08. The van der Waals surface area contributed by atoms with Gasteiger partial charge in [-0.3, -0.25) is 4.79 Å². The number of carbonyl (C=O) groups excluding carboxylic acids is 1. The Morgan fingerprint density at radius 1 is 1.21 bits per heavy atom. The van der Waals surface area contributed by atoms with Crippen LogP contribution in [0.2, 0.25) is 0 Å². The molecule has 0 spiro atoms. The van der Waals surface area contributed by atoms with E-state index in [4.69, 9.17) is 23.4 Å². The van der Waals surface area contributed by atoms with Crippen molar-refractivity contribution in [3.8, 4) is 17.2 Å². The smallest absolute Gasteiger partial charge is 0.303 e. The number of carbonyl (C=O) groups is 1. The summed E-state index contributed by atoms with van der Waals surface area (Å²) in [5, 5.41) is 11.7. The highest BCUT2D eigenvalue weighted by Gasteiger charge is 2.31. The lowest BCUT2D eigenvalue weighted by Crippen LogP contribution is -2.43. The van der Waals surface area contributed by atoms with Crippen LogP contribution >= 0.6 is 0 Å². The van der Waals surface area contributed by atoms with Gasteiger partial charge in [0.25, 0.3) is 0 Å². The summed E-state index contributed by atoms with van der Waals surface area (Å²) in [6.45, 7) is 4.31. The van der Waals surface area contributed by atoms with E-state index in [2.05, 4.69) is 4.98 Å². The number of ether oxygens (including phenoxy) is 4. The van der Waals surface area contributed by atoms with Gasteiger partial charge in [0.15, 0.2) is 17.6 Å². The lowest BCUT2D eigenvalue weighted by atomic mass is 10.0. The number of fused-ring (bicyclic) bond motifs is 2. The summed E-state index contributed by atoms with van der Waals surface area (Å²) >= 11 is 0. The van der Waals surface area contributed by atoms with Crippen LogP contribution < -0.4 is 14.2 Å². The van der Waals surface area contributed by atoms with Gasteiger partial charge in [0.1, 0.15) is 12.4 Å². The SMILES string of the molecule is COc1cc2nc3occc3c(OC)c2cc1OC[C@@H](OC(C)=O)C(C)(C)O. The number of hydrogen-bond donors (Lipinski definition) is 1. The second kappa shape index (κ2) is 7.55. The maximum absolute atomic E-state index is 11.3. The molecular formula is C20H23NO7. The Labute approximate surface area is 162 Å². The first-order chi connectivity index (χ1) is 13.2. The van der Waals surface area contributed by atoms with E-state index in [9.17, 15) is 9.90 Å². The molecule has 1 atom stereocenters. The molecule has 0 unspecified atom stereocenters. The van der Waals surface area contributed by atoms with Crippen LogP contribution in [-0.4, -0.2) is 48.6 Å². The lowest BCUT2D eigenvalue weighted by Gasteiger charge is -2.28. The maximum Gasteiger partial charge on any atom is 0.303 e. The second-order valence-electron chi connectivity index (χ2n) is 6.87. The highest BCUT2D eigenvalue weighted by molar-refractivity contribution is 6.00. The molecule has 0 fully saturated rings. The van der Waals surface area contributed by atoms with Crippen LogP contribution in [0, 0.1) is 0 Å². The third kappa shape index (κ3) is 3.82. The number of furan rings is 1. The van der Waals surface area contributed by atoms with Crippen LogP contribution in [0.25, 0.3) is 22.0 Å². The molecule has 3 rings (SSSR count). The van der Waals surface area contributed by atoms with Crippen LogP contribution in [0.4, 0.5) is 0 Å². The molecule has 0 radical (unpaired) electrons. The van der Waals surface area contributed by atoms with Gasteiger partial charge in [-0.05, 0) is 26.0 Å². The maximum atomic E-state index is 11.3. The molecule has 0 saturated carbocycles. The number of aromatic nitrogens is 1. The van der Waals surface area contributed by atoms with Crippen LogP contribution in [0.15, 0.2) is 28.9 Å². The van der Waals surface area contributed by atoms with Crippen molar-refractivity contribution < 1.29 is 33.3 Å². The number of benzene rings is 1. The van der Waals surface area contributed by atoms with Crippen LogP contribution in [0.1, 0.15) is 20.8 Å². The van der Waals surface area contributed by atoms with Gasteiger partial charge in [0.05, 0.1) is 37.0 Å². The summed E-state index contributed by atoms with van der Waals surface area (Å²) in [4.78, 5) is 15.8. The van der Waals surface area contributed by atoms with E-state index in [-0.39, 0.29) is 6.61 Å². The zero-order valence-corrected chi connectivity index (χ0v) is 16.4. The standard InChI is InChI=1S/C20H23NO7/c1-11(22)28-17(20(2,3)23)10-27-16-8-13-14(9-15(16)24-4)21-19-12(6-7-26-19)18(13)25-5/h6-9,17,23H,10H2,1-5H3/t17-/m1/s1. The van der Waals surface area contributed by atoms with Crippen molar-refractivity contribution in [2.75, 3.05) is 20.8 Å². The van der Waals surface area contributed by atoms with E-state index in [0.29, 0.717) is 33.9 Å². The van der Waals surface area contributed by atoms with E-state index in [1.165, 1.54) is 14.0 Å². The lowest BCUT2D eigenvalue weighted by molar-refractivity contribution is -0.162. The molecule has 3 aromatic rings. The van der Waals surface area contributed by atoms with Gasteiger partial charge < -0.3 is 28.5 Å². The van der Waals surface area contributed by atoms with Gasteiger partial charge in [0, 0.05) is 18.4 Å². The monoisotopic (exact) mass is 389 g/mol. The highest BCUT2D eigenvalue weighted by atomic mass is 16.6. The number of methoxy groups -OCH3 is 2. The number of aliphatic hydroxyl groups is 1. The number of esters is 1. The molecule has 150 valence electrons. The van der Waals surface area contributed by atoms with E-state index in [1.807, 2.05) is 0 Å². The number of nitrogens with zero attached hydrogens (tertiary/aromatic N) is 1. The van der Waals surface area contributed by atoms with Crippen molar-refractivity contribution in [1.29, 1.82) is 0 Å². The topological polar surface area (TPSA) is 100 Å². The van der Waals surface area contributed by atoms with E-state index < -0.39 is 17.7 Å². The van der Waals surface area contributed by atoms with Crippen LogP contribution in [0.5, 0.6) is 17.2 Å². The fourth-order valence-corrected chi connectivity index (χ4v) is 2.88. The molecule has 8 nitrogen and oxygen atoms in total. The van der Waals surface area contributed by atoms with Crippen molar-refractivity contribution in [3.05, 3.63) is 24.5 Å². The zero-order valence-electron chi connectivity index (χ0n) is 16.4. The Hall–Kier alpha value is -3.00. The quantitative estimate of drug-likeness (QED) is 0.616. The van der Waals surface area contributed by atoms with E-state index in [1.54, 1.807) is 45.4 Å². The van der Waals surface area contributed by atoms with Gasteiger partial charge in [-0.25, -0.2) is 4.98 Å². The Morgan fingerprint density at radius 3 is 2.57 bits per heavy atom. The first kappa shape index (κ1) is 19.8. The highest BCUT2D eigenvalue weighted by Crippen LogP contribution is 2.39. The summed E-state index contributed by atoms with van der Waals surface area (Å²) in [5.74, 6) is 0.930. The molecule has 2 aromatic heterocycles. The fraction of sp³-hybridized carbons (Fsp3) is 0.400. The minimum Gasteiger partial charge on any atom is -0.495 e. The van der Waals surface area contributed by atoms with Crippen LogP contribution in [0.3, 0.4) is 0 Å². The summed E-state index contributed by atoms with van der Waals surface area (Å²) in [5.41, 5.74) is -0.211. The summed E-state index contributed by atoms with van der Waals surface area (Å²) in [6.07, 6.45) is 0.683. The Bertz CT molecular complexity index is 1000. The van der Waals surface area contributed by atoms with Crippen molar-refractivity contribution in [2.45, 2.75) is 32.5 Å². The zero-order chi connectivity index (χ0) is 20.5. The Morgan fingerprint density at radius 2 is 1.96 bits per heavy atom. The first-order valence-corrected chi connectivity index (χ1v) is 8.70. The van der Waals surface area contributed by atoms with Gasteiger partial charge in [0.2, 0.25) is 5.71 Å². The predicted molar refractivity (Wildman–Crippen MR) is 102 cm³/mol.